The van der Waals surface area contributed by atoms with E-state index in [1.54, 1.807) is 13.1 Å². The van der Waals surface area contributed by atoms with Crippen LogP contribution >= 0.6 is 0 Å². The number of rotatable bonds is 2. The normalized spacial score (nSPS) is 10.3. The molecule has 7 heteroatoms. The van der Waals surface area contributed by atoms with Gasteiger partial charge in [-0.2, -0.15) is 4.68 Å². The van der Waals surface area contributed by atoms with Crippen molar-refractivity contribution in [3.63, 3.8) is 0 Å². The number of nitrogens with zero attached hydrogens (tertiary/aromatic N) is 5. The minimum atomic E-state index is -0.581. The van der Waals surface area contributed by atoms with Crippen molar-refractivity contribution in [3.8, 4) is 5.82 Å². The molecule has 2 rings (SSSR count). The summed E-state index contributed by atoms with van der Waals surface area (Å²) in [4.78, 5) is 23.5. The second kappa shape index (κ2) is 4.28. The third-order valence-corrected chi connectivity index (χ3v) is 2.13. The van der Waals surface area contributed by atoms with E-state index in [2.05, 4.69) is 24.8 Å². The lowest BCUT2D eigenvalue weighted by molar-refractivity contribution is 0.0587. The zero-order chi connectivity index (χ0) is 12.4. The van der Waals surface area contributed by atoms with Crippen LogP contribution in [0.15, 0.2) is 12.5 Å². The lowest BCUT2D eigenvalue weighted by Gasteiger charge is -2.03. The van der Waals surface area contributed by atoms with Gasteiger partial charge in [-0.1, -0.05) is 0 Å². The summed E-state index contributed by atoms with van der Waals surface area (Å²) >= 11 is 0. The van der Waals surface area contributed by atoms with Crippen molar-refractivity contribution in [2.45, 2.75) is 13.8 Å². The van der Waals surface area contributed by atoms with Gasteiger partial charge in [0.15, 0.2) is 5.82 Å². The zero-order valence-electron chi connectivity index (χ0n) is 9.71. The van der Waals surface area contributed by atoms with Crippen molar-refractivity contribution < 1.29 is 9.53 Å². The van der Waals surface area contributed by atoms with Gasteiger partial charge in [0.1, 0.15) is 6.33 Å². The average molecular weight is 233 g/mol. The van der Waals surface area contributed by atoms with Crippen LogP contribution in [0.3, 0.4) is 0 Å². The predicted octanol–water partition coefficient (Wildman–Crippen LogP) is 0.461. The zero-order valence-corrected chi connectivity index (χ0v) is 9.71. The van der Waals surface area contributed by atoms with Gasteiger partial charge in [0.25, 0.3) is 5.82 Å². The maximum absolute atomic E-state index is 11.2. The number of methoxy groups -OCH3 is 1. The summed E-state index contributed by atoms with van der Waals surface area (Å²) in [5, 5.41) is 3.98. The summed E-state index contributed by atoms with van der Waals surface area (Å²) < 4.78 is 5.93. The number of hydrogen-bond acceptors (Lipinski definition) is 6. The molecule has 0 fully saturated rings. The van der Waals surface area contributed by atoms with E-state index in [4.69, 9.17) is 0 Å². The van der Waals surface area contributed by atoms with Crippen molar-refractivity contribution in [1.82, 2.24) is 24.7 Å². The van der Waals surface area contributed by atoms with Crippen molar-refractivity contribution in [3.05, 3.63) is 29.7 Å². The fourth-order valence-electron chi connectivity index (χ4n) is 1.29. The van der Waals surface area contributed by atoms with Gasteiger partial charge in [-0.3, -0.25) is 4.98 Å². The molecule has 0 radical (unpaired) electrons. The SMILES string of the molecule is COC(=O)c1ncn(-c2nc(C)cnc2C)n1. The average Bonchev–Trinajstić information content (AvgIpc) is 2.80. The Kier molecular flexibility index (Phi) is 2.82. The Bertz CT molecular complexity index is 564. The highest BCUT2D eigenvalue weighted by Gasteiger charge is 2.13. The molecule has 2 heterocycles. The van der Waals surface area contributed by atoms with E-state index in [0.717, 1.165) is 5.69 Å². The van der Waals surface area contributed by atoms with Crippen molar-refractivity contribution >= 4 is 5.97 Å². The lowest BCUT2D eigenvalue weighted by Crippen LogP contribution is -2.07. The van der Waals surface area contributed by atoms with Crippen LogP contribution in [0.25, 0.3) is 5.82 Å². The fraction of sp³-hybridized carbons (Fsp3) is 0.300. The highest BCUT2D eigenvalue weighted by molar-refractivity contribution is 5.84. The third kappa shape index (κ3) is 2.12. The first-order valence-electron chi connectivity index (χ1n) is 4.92. The molecule has 0 amide bonds. The van der Waals surface area contributed by atoms with Crippen molar-refractivity contribution in [1.29, 1.82) is 0 Å². The summed E-state index contributed by atoms with van der Waals surface area (Å²) in [5.74, 6) is -0.0372. The van der Waals surface area contributed by atoms with E-state index in [9.17, 15) is 4.79 Å². The van der Waals surface area contributed by atoms with Crippen LogP contribution in [0.4, 0.5) is 0 Å². The van der Waals surface area contributed by atoms with E-state index in [-0.39, 0.29) is 5.82 Å². The topological polar surface area (TPSA) is 82.8 Å². The fourth-order valence-corrected chi connectivity index (χ4v) is 1.29. The van der Waals surface area contributed by atoms with Gasteiger partial charge in [-0.05, 0) is 13.8 Å². The van der Waals surface area contributed by atoms with E-state index < -0.39 is 5.97 Å². The van der Waals surface area contributed by atoms with Gasteiger partial charge in [0.2, 0.25) is 0 Å². The molecular weight excluding hydrogens is 222 g/mol. The van der Waals surface area contributed by atoms with Crippen LogP contribution in [0.1, 0.15) is 22.0 Å². The minimum absolute atomic E-state index is 0.00444. The Balaban J connectivity index is 2.43. The van der Waals surface area contributed by atoms with Gasteiger partial charge in [-0.25, -0.2) is 14.8 Å². The van der Waals surface area contributed by atoms with Crippen LogP contribution in [0, 0.1) is 13.8 Å². The molecule has 0 aliphatic heterocycles. The monoisotopic (exact) mass is 233 g/mol. The number of ether oxygens (including phenoxy) is 1. The first kappa shape index (κ1) is 11.2. The molecule has 0 spiro atoms. The van der Waals surface area contributed by atoms with Gasteiger partial charge in [0.05, 0.1) is 18.5 Å². The molecule has 0 aromatic carbocycles. The molecule has 0 aliphatic carbocycles. The third-order valence-electron chi connectivity index (χ3n) is 2.13. The Hall–Kier alpha value is -2.31. The molecule has 0 unspecified atom stereocenters. The standard InChI is InChI=1S/C10H11N5O2/c1-6-4-11-7(2)9(13-6)15-5-12-8(14-15)10(16)17-3/h4-5H,1-3H3. The van der Waals surface area contributed by atoms with Crippen LogP contribution in [0.5, 0.6) is 0 Å². The van der Waals surface area contributed by atoms with Gasteiger partial charge < -0.3 is 4.74 Å². The number of aryl methyl sites for hydroxylation is 2. The van der Waals surface area contributed by atoms with Crippen LogP contribution in [0.2, 0.25) is 0 Å². The maximum Gasteiger partial charge on any atom is 0.377 e. The lowest BCUT2D eigenvalue weighted by atomic mass is 10.4. The molecule has 88 valence electrons. The highest BCUT2D eigenvalue weighted by atomic mass is 16.5. The summed E-state index contributed by atoms with van der Waals surface area (Å²) in [6.45, 7) is 3.63. The molecule has 2 aromatic rings. The smallest absolute Gasteiger partial charge is 0.377 e. The van der Waals surface area contributed by atoms with Gasteiger partial charge >= 0.3 is 5.97 Å². The molecule has 0 N–H and O–H groups in total. The van der Waals surface area contributed by atoms with Gasteiger partial charge in [0, 0.05) is 6.20 Å². The minimum Gasteiger partial charge on any atom is -0.463 e. The Morgan fingerprint density at radius 3 is 2.82 bits per heavy atom. The summed E-state index contributed by atoms with van der Waals surface area (Å²) in [7, 11) is 1.28. The largest absolute Gasteiger partial charge is 0.463 e. The molecule has 0 atom stereocenters. The Morgan fingerprint density at radius 1 is 1.35 bits per heavy atom. The molecule has 17 heavy (non-hydrogen) atoms. The van der Waals surface area contributed by atoms with E-state index in [1.807, 2.05) is 6.92 Å². The summed E-state index contributed by atoms with van der Waals surface area (Å²) in [6.07, 6.45) is 3.07. The first-order chi connectivity index (χ1) is 8.11. The number of hydrogen-bond donors (Lipinski definition) is 0. The maximum atomic E-state index is 11.2. The highest BCUT2D eigenvalue weighted by Crippen LogP contribution is 2.07. The molecule has 0 saturated carbocycles. The second-order valence-electron chi connectivity index (χ2n) is 3.42. The summed E-state index contributed by atoms with van der Waals surface area (Å²) in [5.41, 5.74) is 1.47. The van der Waals surface area contributed by atoms with E-state index in [1.165, 1.54) is 18.1 Å². The molecule has 0 saturated heterocycles. The molecular formula is C10H11N5O2. The number of carbonyl (C=O) groups excluding carboxylic acids is 1. The molecule has 2 aromatic heterocycles. The molecule has 7 nitrogen and oxygen atoms in total. The van der Waals surface area contributed by atoms with Crippen molar-refractivity contribution in [2.75, 3.05) is 7.11 Å². The molecule has 0 aliphatic rings. The molecule has 0 bridgehead atoms. The quantitative estimate of drug-likeness (QED) is 0.701. The van der Waals surface area contributed by atoms with E-state index in [0.29, 0.717) is 11.5 Å². The van der Waals surface area contributed by atoms with Crippen molar-refractivity contribution in [2.24, 2.45) is 0 Å². The van der Waals surface area contributed by atoms with E-state index >= 15 is 0 Å². The second-order valence-corrected chi connectivity index (χ2v) is 3.42. The Morgan fingerprint density at radius 2 is 2.12 bits per heavy atom. The van der Waals surface area contributed by atoms with Gasteiger partial charge in [-0.15, -0.1) is 5.10 Å². The van der Waals surface area contributed by atoms with Crippen LogP contribution in [-0.2, 0) is 4.74 Å². The first-order valence-corrected chi connectivity index (χ1v) is 4.92. The van der Waals surface area contributed by atoms with Crippen LogP contribution in [-0.4, -0.2) is 37.8 Å². The number of esters is 1. The van der Waals surface area contributed by atoms with Crippen LogP contribution < -0.4 is 0 Å². The summed E-state index contributed by atoms with van der Waals surface area (Å²) in [6, 6.07) is 0. The Labute approximate surface area is 97.5 Å². The predicted molar refractivity (Wildman–Crippen MR) is 57.8 cm³/mol. The number of aromatic nitrogens is 5. The number of carbonyl (C=O) groups is 1.